The van der Waals surface area contributed by atoms with Crippen LogP contribution in [0.1, 0.15) is 26.7 Å². The topological polar surface area (TPSA) is 29.3 Å². The Morgan fingerprint density at radius 1 is 1.18 bits per heavy atom. The van der Waals surface area contributed by atoms with Crippen LogP contribution >= 0.6 is 0 Å². The smallest absolute Gasteiger partial charge is 0.0167 e. The first-order valence-electron chi connectivity index (χ1n) is 4.42. The molecule has 2 N–H and O–H groups in total. The maximum Gasteiger partial charge on any atom is 0.0167 e. The average Bonchev–Trinajstić information content (AvgIpc) is 1.82. The van der Waals surface area contributed by atoms with Crippen LogP contribution in [0.15, 0.2) is 0 Å². The predicted molar refractivity (Wildman–Crippen MR) is 50.6 cm³/mol. The molecule has 2 nitrogen and oxygen atoms in total. The summed E-state index contributed by atoms with van der Waals surface area (Å²) in [5.41, 5.74) is 5.88. The van der Waals surface area contributed by atoms with Crippen molar-refractivity contribution in [3.8, 4) is 0 Å². The number of hydrogen-bond donors (Lipinski definition) is 1. The second-order valence-corrected chi connectivity index (χ2v) is 3.99. The van der Waals surface area contributed by atoms with Gasteiger partial charge in [0.05, 0.1) is 0 Å². The van der Waals surface area contributed by atoms with Gasteiger partial charge in [-0.05, 0) is 32.9 Å². The summed E-state index contributed by atoms with van der Waals surface area (Å²) in [6.45, 7) is 5.48. The highest BCUT2D eigenvalue weighted by Crippen LogP contribution is 2.05. The van der Waals surface area contributed by atoms with Crippen LogP contribution in [0.5, 0.6) is 0 Å². The first-order chi connectivity index (χ1) is 5.02. The van der Waals surface area contributed by atoms with Crippen molar-refractivity contribution >= 4 is 0 Å². The van der Waals surface area contributed by atoms with Gasteiger partial charge in [-0.15, -0.1) is 0 Å². The maximum atomic E-state index is 5.88. The van der Waals surface area contributed by atoms with E-state index in [1.807, 2.05) is 0 Å². The molecule has 0 spiro atoms. The van der Waals surface area contributed by atoms with Crippen molar-refractivity contribution < 1.29 is 0 Å². The number of nitrogens with zero attached hydrogens (tertiary/aromatic N) is 1. The minimum atomic E-state index is 0.354. The van der Waals surface area contributed by atoms with Crippen LogP contribution in [0.2, 0.25) is 0 Å². The summed E-state index contributed by atoms with van der Waals surface area (Å²) in [5, 5.41) is 0. The van der Waals surface area contributed by atoms with Gasteiger partial charge in [0.2, 0.25) is 0 Å². The van der Waals surface area contributed by atoms with E-state index >= 15 is 0 Å². The third kappa shape index (κ3) is 7.82. The molecule has 0 saturated heterocycles. The highest BCUT2D eigenvalue weighted by Gasteiger charge is 2.04. The minimum Gasteiger partial charge on any atom is -0.327 e. The number of nitrogens with two attached hydrogens (primary N) is 1. The summed E-state index contributed by atoms with van der Waals surface area (Å²) in [5.74, 6) is 0.781. The summed E-state index contributed by atoms with van der Waals surface area (Å²) < 4.78 is 0. The van der Waals surface area contributed by atoms with E-state index in [1.165, 1.54) is 6.42 Å². The van der Waals surface area contributed by atoms with Crippen LogP contribution in [0.4, 0.5) is 0 Å². The van der Waals surface area contributed by atoms with Crippen LogP contribution in [0.25, 0.3) is 0 Å². The Morgan fingerprint density at radius 3 is 2.09 bits per heavy atom. The molecule has 68 valence electrons. The van der Waals surface area contributed by atoms with Crippen LogP contribution in [0, 0.1) is 5.92 Å². The Balaban J connectivity index is 3.29. The molecule has 0 aromatic carbocycles. The molecule has 0 aromatic rings. The van der Waals surface area contributed by atoms with Gasteiger partial charge in [0.25, 0.3) is 0 Å². The van der Waals surface area contributed by atoms with E-state index < -0.39 is 0 Å². The van der Waals surface area contributed by atoms with Gasteiger partial charge in [-0.3, -0.25) is 0 Å². The van der Waals surface area contributed by atoms with E-state index in [2.05, 4.69) is 32.8 Å². The summed E-state index contributed by atoms with van der Waals surface area (Å²) in [4.78, 5) is 2.14. The molecule has 0 amide bonds. The van der Waals surface area contributed by atoms with E-state index in [1.54, 1.807) is 0 Å². The van der Waals surface area contributed by atoms with Crippen LogP contribution in [0.3, 0.4) is 0 Å². The molecule has 2 heteroatoms. The fraction of sp³-hybridized carbons (Fsp3) is 1.00. The van der Waals surface area contributed by atoms with Crippen LogP contribution in [-0.4, -0.2) is 31.6 Å². The molecule has 0 aliphatic heterocycles. The third-order valence-electron chi connectivity index (χ3n) is 1.71. The first-order valence-corrected chi connectivity index (χ1v) is 4.42. The van der Waals surface area contributed by atoms with Crippen molar-refractivity contribution in [2.75, 3.05) is 20.6 Å². The molecule has 0 radical (unpaired) electrons. The van der Waals surface area contributed by atoms with Crippen molar-refractivity contribution in [1.82, 2.24) is 4.90 Å². The lowest BCUT2D eigenvalue weighted by Gasteiger charge is -2.17. The number of rotatable bonds is 5. The number of likely N-dealkylation sites (N-methyl/N-ethyl adjacent to an activating group) is 1. The molecule has 0 rings (SSSR count). The summed E-state index contributed by atoms with van der Waals surface area (Å²) >= 11 is 0. The lowest BCUT2D eigenvalue weighted by molar-refractivity contribution is 0.350. The Kier molecular flexibility index (Phi) is 5.51. The Labute approximate surface area is 70.8 Å². The van der Waals surface area contributed by atoms with E-state index in [0.29, 0.717) is 6.04 Å². The van der Waals surface area contributed by atoms with Crippen molar-refractivity contribution in [3.05, 3.63) is 0 Å². The summed E-state index contributed by atoms with van der Waals surface area (Å²) in [6, 6.07) is 0.354. The highest BCUT2D eigenvalue weighted by atomic mass is 15.1. The average molecular weight is 158 g/mol. The quantitative estimate of drug-likeness (QED) is 0.653. The lowest BCUT2D eigenvalue weighted by atomic mass is 10.0. The Hall–Kier alpha value is -0.0800. The first kappa shape index (κ1) is 10.9. The van der Waals surface area contributed by atoms with Crippen LogP contribution < -0.4 is 5.73 Å². The SMILES string of the molecule is CC(C)CC[C@H](N)CN(C)C. The van der Waals surface area contributed by atoms with Crippen LogP contribution in [-0.2, 0) is 0 Å². The van der Waals surface area contributed by atoms with Gasteiger partial charge < -0.3 is 10.6 Å². The van der Waals surface area contributed by atoms with Gasteiger partial charge in [0.1, 0.15) is 0 Å². The second-order valence-electron chi connectivity index (χ2n) is 3.99. The Bertz CT molecular complexity index is 89.6. The van der Waals surface area contributed by atoms with Gasteiger partial charge in [-0.2, -0.15) is 0 Å². The molecular weight excluding hydrogens is 136 g/mol. The molecule has 11 heavy (non-hydrogen) atoms. The zero-order valence-electron chi connectivity index (χ0n) is 8.30. The maximum absolute atomic E-state index is 5.88. The molecule has 0 heterocycles. The molecule has 0 aliphatic carbocycles. The normalized spacial score (nSPS) is 14.5. The van der Waals surface area contributed by atoms with Crippen molar-refractivity contribution in [1.29, 1.82) is 0 Å². The van der Waals surface area contributed by atoms with Gasteiger partial charge >= 0.3 is 0 Å². The molecular formula is C9H22N2. The van der Waals surface area contributed by atoms with E-state index in [-0.39, 0.29) is 0 Å². The van der Waals surface area contributed by atoms with Gasteiger partial charge in [0.15, 0.2) is 0 Å². The fourth-order valence-electron chi connectivity index (χ4n) is 1.11. The predicted octanol–water partition coefficient (Wildman–Crippen LogP) is 1.31. The summed E-state index contributed by atoms with van der Waals surface area (Å²) in [7, 11) is 4.13. The molecule has 0 saturated carbocycles. The third-order valence-corrected chi connectivity index (χ3v) is 1.71. The molecule has 0 bridgehead atoms. The molecule has 1 atom stereocenters. The second kappa shape index (κ2) is 5.56. The van der Waals surface area contributed by atoms with E-state index in [4.69, 9.17) is 5.73 Å². The summed E-state index contributed by atoms with van der Waals surface area (Å²) in [6.07, 6.45) is 2.39. The molecule has 0 fully saturated rings. The van der Waals surface area contributed by atoms with Gasteiger partial charge in [-0.1, -0.05) is 13.8 Å². The minimum absolute atomic E-state index is 0.354. The van der Waals surface area contributed by atoms with E-state index in [0.717, 1.165) is 18.9 Å². The standard InChI is InChI=1S/C9H22N2/c1-8(2)5-6-9(10)7-11(3)4/h8-9H,5-7,10H2,1-4H3/t9-/m0/s1. The zero-order chi connectivity index (χ0) is 8.85. The van der Waals surface area contributed by atoms with Crippen molar-refractivity contribution in [2.24, 2.45) is 11.7 Å². The molecule has 0 aliphatic rings. The monoisotopic (exact) mass is 158 g/mol. The highest BCUT2D eigenvalue weighted by molar-refractivity contribution is 4.64. The van der Waals surface area contributed by atoms with Crippen molar-refractivity contribution in [3.63, 3.8) is 0 Å². The number of hydrogen-bond acceptors (Lipinski definition) is 2. The molecule has 0 unspecified atom stereocenters. The van der Waals surface area contributed by atoms with Gasteiger partial charge in [0, 0.05) is 12.6 Å². The molecule has 0 aromatic heterocycles. The Morgan fingerprint density at radius 2 is 1.73 bits per heavy atom. The fourth-order valence-corrected chi connectivity index (χ4v) is 1.11. The lowest BCUT2D eigenvalue weighted by Crippen LogP contribution is -2.33. The zero-order valence-corrected chi connectivity index (χ0v) is 8.30. The van der Waals surface area contributed by atoms with E-state index in [9.17, 15) is 0 Å². The largest absolute Gasteiger partial charge is 0.327 e. The van der Waals surface area contributed by atoms with Gasteiger partial charge in [-0.25, -0.2) is 0 Å². The van der Waals surface area contributed by atoms with Crippen molar-refractivity contribution in [2.45, 2.75) is 32.7 Å².